The summed E-state index contributed by atoms with van der Waals surface area (Å²) >= 11 is 0. The Morgan fingerprint density at radius 3 is 1.67 bits per heavy atom. The van der Waals surface area contributed by atoms with E-state index in [9.17, 15) is 0 Å². The maximum absolute atomic E-state index is 4.43. The van der Waals surface area contributed by atoms with Crippen LogP contribution in [0, 0.1) is 20.8 Å². The summed E-state index contributed by atoms with van der Waals surface area (Å²) in [5.41, 5.74) is 7.73. The molecule has 0 spiro atoms. The predicted molar refractivity (Wildman–Crippen MR) is 87.1 cm³/mol. The Morgan fingerprint density at radius 2 is 1.14 bits per heavy atom. The van der Waals surface area contributed by atoms with E-state index in [1.807, 2.05) is 0 Å². The molecule has 0 aliphatic rings. The summed E-state index contributed by atoms with van der Waals surface area (Å²) in [4.78, 5) is 0. The van der Waals surface area contributed by atoms with Gasteiger partial charge in [-0.25, -0.2) is 0 Å². The minimum atomic E-state index is 0.920. The minimum absolute atomic E-state index is 0.920. The van der Waals surface area contributed by atoms with Crippen LogP contribution in [0.3, 0.4) is 0 Å². The molecular formula is C19H18N2. The number of hydrogen-bond donors (Lipinski definition) is 0. The van der Waals surface area contributed by atoms with E-state index >= 15 is 0 Å². The Hall–Kier alpha value is -2.48. The smallest absolute Gasteiger partial charge is 0.0959 e. The van der Waals surface area contributed by atoms with Gasteiger partial charge < -0.3 is 0 Å². The van der Waals surface area contributed by atoms with Gasteiger partial charge in [0.25, 0.3) is 0 Å². The molecule has 1 heterocycles. The second kappa shape index (κ2) is 5.49. The molecule has 0 amide bonds. The van der Waals surface area contributed by atoms with Crippen molar-refractivity contribution >= 4 is 0 Å². The average Bonchev–Trinajstić information content (AvgIpc) is 2.49. The summed E-state index contributed by atoms with van der Waals surface area (Å²) in [5, 5.41) is 8.82. The van der Waals surface area contributed by atoms with Gasteiger partial charge in [-0.1, -0.05) is 59.7 Å². The van der Waals surface area contributed by atoms with Gasteiger partial charge in [-0.05, 0) is 32.4 Å². The van der Waals surface area contributed by atoms with Gasteiger partial charge in [0.15, 0.2) is 0 Å². The molecule has 0 aliphatic carbocycles. The van der Waals surface area contributed by atoms with Crippen molar-refractivity contribution in [2.24, 2.45) is 0 Å². The fourth-order valence-electron chi connectivity index (χ4n) is 2.35. The van der Waals surface area contributed by atoms with Crippen molar-refractivity contribution in [1.29, 1.82) is 0 Å². The monoisotopic (exact) mass is 274 g/mol. The SMILES string of the molecule is Cc1ccc(-c2cc(C)c(-c3ccc(C)cc3)nn2)cc1. The summed E-state index contributed by atoms with van der Waals surface area (Å²) < 4.78 is 0. The molecule has 0 aliphatic heterocycles. The summed E-state index contributed by atoms with van der Waals surface area (Å²) in [5.74, 6) is 0. The molecule has 0 radical (unpaired) electrons. The molecule has 104 valence electrons. The van der Waals surface area contributed by atoms with Crippen LogP contribution in [-0.4, -0.2) is 10.2 Å². The van der Waals surface area contributed by atoms with Crippen LogP contribution in [0.5, 0.6) is 0 Å². The second-order valence-corrected chi connectivity index (χ2v) is 5.49. The fraction of sp³-hybridized carbons (Fsp3) is 0.158. The number of aryl methyl sites for hydroxylation is 3. The highest BCUT2D eigenvalue weighted by Crippen LogP contribution is 2.24. The Labute approximate surface area is 125 Å². The van der Waals surface area contributed by atoms with Gasteiger partial charge in [0.1, 0.15) is 0 Å². The van der Waals surface area contributed by atoms with Gasteiger partial charge in [-0.15, -0.1) is 10.2 Å². The molecule has 0 fully saturated rings. The molecule has 0 atom stereocenters. The van der Waals surface area contributed by atoms with Crippen molar-refractivity contribution in [3.8, 4) is 22.5 Å². The maximum Gasteiger partial charge on any atom is 0.0959 e. The first kappa shape index (κ1) is 13.5. The summed E-state index contributed by atoms with van der Waals surface area (Å²) in [6.07, 6.45) is 0. The summed E-state index contributed by atoms with van der Waals surface area (Å²) in [6.45, 7) is 6.26. The van der Waals surface area contributed by atoms with Gasteiger partial charge in [0.2, 0.25) is 0 Å². The Morgan fingerprint density at radius 1 is 0.619 bits per heavy atom. The summed E-state index contributed by atoms with van der Waals surface area (Å²) in [6, 6.07) is 18.9. The van der Waals surface area contributed by atoms with Gasteiger partial charge in [-0.2, -0.15) is 0 Å². The molecule has 0 N–H and O–H groups in total. The molecule has 0 unspecified atom stereocenters. The molecule has 0 saturated heterocycles. The summed E-state index contributed by atoms with van der Waals surface area (Å²) in [7, 11) is 0. The van der Waals surface area contributed by atoms with Gasteiger partial charge in [0, 0.05) is 11.1 Å². The standard InChI is InChI=1S/C19H18N2/c1-13-4-8-16(9-5-13)18-12-15(3)19(21-20-18)17-10-6-14(2)7-11-17/h4-12H,1-3H3. The third-order valence-corrected chi connectivity index (χ3v) is 3.66. The lowest BCUT2D eigenvalue weighted by atomic mass is 10.0. The zero-order valence-corrected chi connectivity index (χ0v) is 12.6. The Kier molecular flexibility index (Phi) is 3.53. The number of aromatic nitrogens is 2. The van der Waals surface area contributed by atoms with Gasteiger partial charge in [0.05, 0.1) is 11.4 Å². The third kappa shape index (κ3) is 2.84. The molecular weight excluding hydrogens is 256 g/mol. The van der Waals surface area contributed by atoms with Crippen molar-refractivity contribution in [2.45, 2.75) is 20.8 Å². The highest BCUT2D eigenvalue weighted by molar-refractivity contribution is 5.67. The van der Waals surface area contributed by atoms with Crippen molar-refractivity contribution < 1.29 is 0 Å². The van der Waals surface area contributed by atoms with E-state index in [4.69, 9.17) is 0 Å². The highest BCUT2D eigenvalue weighted by Gasteiger charge is 2.07. The number of nitrogens with zero attached hydrogens (tertiary/aromatic N) is 2. The van der Waals surface area contributed by atoms with Crippen LogP contribution in [0.25, 0.3) is 22.5 Å². The maximum atomic E-state index is 4.43. The first-order valence-corrected chi connectivity index (χ1v) is 7.12. The van der Waals surface area contributed by atoms with Crippen molar-refractivity contribution in [1.82, 2.24) is 10.2 Å². The van der Waals surface area contributed by atoms with Gasteiger partial charge in [-0.3, -0.25) is 0 Å². The van der Waals surface area contributed by atoms with Crippen LogP contribution in [0.2, 0.25) is 0 Å². The van der Waals surface area contributed by atoms with E-state index in [0.29, 0.717) is 0 Å². The van der Waals surface area contributed by atoms with Crippen molar-refractivity contribution in [2.75, 3.05) is 0 Å². The minimum Gasteiger partial charge on any atom is -0.150 e. The molecule has 2 aromatic carbocycles. The van der Waals surface area contributed by atoms with E-state index < -0.39 is 0 Å². The zero-order valence-electron chi connectivity index (χ0n) is 12.6. The molecule has 2 heteroatoms. The van der Waals surface area contributed by atoms with Crippen LogP contribution < -0.4 is 0 Å². The molecule has 0 bridgehead atoms. The largest absolute Gasteiger partial charge is 0.150 e. The first-order valence-electron chi connectivity index (χ1n) is 7.12. The third-order valence-electron chi connectivity index (χ3n) is 3.66. The van der Waals surface area contributed by atoms with E-state index in [0.717, 1.165) is 28.1 Å². The molecule has 3 rings (SSSR count). The van der Waals surface area contributed by atoms with E-state index in [2.05, 4.69) is 85.6 Å². The average molecular weight is 274 g/mol. The molecule has 0 saturated carbocycles. The zero-order chi connectivity index (χ0) is 14.8. The highest BCUT2D eigenvalue weighted by atomic mass is 15.1. The number of rotatable bonds is 2. The van der Waals surface area contributed by atoms with Gasteiger partial charge >= 0.3 is 0 Å². The lowest BCUT2D eigenvalue weighted by Gasteiger charge is -2.07. The second-order valence-electron chi connectivity index (χ2n) is 5.49. The quantitative estimate of drug-likeness (QED) is 0.674. The molecule has 3 aromatic rings. The normalized spacial score (nSPS) is 10.6. The lowest BCUT2D eigenvalue weighted by Crippen LogP contribution is -1.95. The number of hydrogen-bond acceptors (Lipinski definition) is 2. The van der Waals surface area contributed by atoms with E-state index in [-0.39, 0.29) is 0 Å². The first-order chi connectivity index (χ1) is 10.1. The van der Waals surface area contributed by atoms with E-state index in [1.165, 1.54) is 11.1 Å². The van der Waals surface area contributed by atoms with Crippen LogP contribution >= 0.6 is 0 Å². The lowest BCUT2D eigenvalue weighted by molar-refractivity contribution is 1.03. The van der Waals surface area contributed by atoms with Crippen LogP contribution in [0.4, 0.5) is 0 Å². The molecule has 1 aromatic heterocycles. The van der Waals surface area contributed by atoms with Crippen LogP contribution in [-0.2, 0) is 0 Å². The van der Waals surface area contributed by atoms with Crippen molar-refractivity contribution in [3.63, 3.8) is 0 Å². The molecule has 2 nitrogen and oxygen atoms in total. The fourth-order valence-corrected chi connectivity index (χ4v) is 2.35. The Balaban J connectivity index is 1.99. The Bertz CT molecular complexity index is 757. The topological polar surface area (TPSA) is 25.8 Å². The van der Waals surface area contributed by atoms with Crippen LogP contribution in [0.15, 0.2) is 54.6 Å². The van der Waals surface area contributed by atoms with Crippen molar-refractivity contribution in [3.05, 3.63) is 71.3 Å². The predicted octanol–water partition coefficient (Wildman–Crippen LogP) is 4.74. The number of benzene rings is 2. The van der Waals surface area contributed by atoms with E-state index in [1.54, 1.807) is 0 Å². The van der Waals surface area contributed by atoms with Crippen LogP contribution in [0.1, 0.15) is 16.7 Å². The molecule has 21 heavy (non-hydrogen) atoms.